The summed E-state index contributed by atoms with van der Waals surface area (Å²) >= 11 is 0. The van der Waals surface area contributed by atoms with E-state index in [4.69, 9.17) is 10.2 Å². The van der Waals surface area contributed by atoms with E-state index in [-0.39, 0.29) is 0 Å². The van der Waals surface area contributed by atoms with E-state index >= 15 is 0 Å². The molecule has 0 saturated heterocycles. The molecule has 1 aromatic carbocycles. The van der Waals surface area contributed by atoms with Crippen molar-refractivity contribution in [1.29, 1.82) is 0 Å². The zero-order chi connectivity index (χ0) is 8.84. The van der Waals surface area contributed by atoms with Crippen LogP contribution < -0.4 is 5.73 Å². The van der Waals surface area contributed by atoms with Gasteiger partial charge < -0.3 is 15.1 Å². The molecule has 0 unspecified atom stereocenters. The number of furan rings is 1. The van der Waals surface area contributed by atoms with Crippen molar-refractivity contribution >= 4 is 27.6 Å². The molecular weight excluding hydrogens is 164 g/mol. The normalized spacial score (nSPS) is 11.4. The third-order valence-electron chi connectivity index (χ3n) is 2.32. The summed E-state index contributed by atoms with van der Waals surface area (Å²) in [4.78, 5) is 3.10. The van der Waals surface area contributed by atoms with E-state index in [1.807, 2.05) is 24.4 Å². The summed E-state index contributed by atoms with van der Waals surface area (Å²) in [7, 11) is 0. The van der Waals surface area contributed by atoms with Crippen LogP contribution in [0.4, 0.5) is 5.69 Å². The van der Waals surface area contributed by atoms with Gasteiger partial charge in [-0.2, -0.15) is 0 Å². The number of nitrogens with one attached hydrogen (secondary N) is 1. The van der Waals surface area contributed by atoms with Gasteiger partial charge in [0.15, 0.2) is 0 Å². The molecule has 0 fully saturated rings. The summed E-state index contributed by atoms with van der Waals surface area (Å²) in [6.45, 7) is 0. The topological polar surface area (TPSA) is 54.9 Å². The van der Waals surface area contributed by atoms with Crippen LogP contribution >= 0.6 is 0 Å². The minimum atomic E-state index is 0.756. The molecule has 2 heterocycles. The van der Waals surface area contributed by atoms with E-state index in [2.05, 4.69) is 4.98 Å². The van der Waals surface area contributed by atoms with Crippen molar-refractivity contribution in [2.75, 3.05) is 5.73 Å². The maximum absolute atomic E-state index is 5.95. The van der Waals surface area contributed by atoms with Crippen LogP contribution in [0.3, 0.4) is 0 Å². The van der Waals surface area contributed by atoms with E-state index in [9.17, 15) is 0 Å². The van der Waals surface area contributed by atoms with Crippen LogP contribution in [0.2, 0.25) is 0 Å². The first-order chi connectivity index (χ1) is 6.36. The number of hydrogen-bond donors (Lipinski definition) is 2. The number of nitrogens with two attached hydrogens (primary N) is 1. The van der Waals surface area contributed by atoms with Crippen molar-refractivity contribution < 1.29 is 4.42 Å². The van der Waals surface area contributed by atoms with Gasteiger partial charge in [-0.25, -0.2) is 0 Å². The standard InChI is InChI=1S/C10H8N2O/c11-9-7-2-4-13-8(7)5-6-1-3-12-10(6)9/h1-5,12H,11H2. The molecule has 0 aliphatic heterocycles. The number of nitrogen functional groups attached to an aromatic ring is 1. The predicted molar refractivity (Wildman–Crippen MR) is 52.5 cm³/mol. The number of benzene rings is 1. The highest BCUT2D eigenvalue weighted by atomic mass is 16.3. The second-order valence-corrected chi connectivity index (χ2v) is 3.06. The lowest BCUT2D eigenvalue weighted by molar-refractivity contribution is 0.616. The van der Waals surface area contributed by atoms with E-state index < -0.39 is 0 Å². The Kier molecular flexibility index (Phi) is 1.05. The Hall–Kier alpha value is -1.90. The number of aromatic nitrogens is 1. The number of anilines is 1. The molecule has 0 aliphatic carbocycles. The lowest BCUT2D eigenvalue weighted by atomic mass is 10.1. The fourth-order valence-corrected chi connectivity index (χ4v) is 1.67. The van der Waals surface area contributed by atoms with Gasteiger partial charge in [0.1, 0.15) is 5.58 Å². The fraction of sp³-hybridized carbons (Fsp3) is 0. The molecule has 13 heavy (non-hydrogen) atoms. The molecule has 0 bridgehead atoms. The van der Waals surface area contributed by atoms with Gasteiger partial charge in [0.05, 0.1) is 17.5 Å². The third kappa shape index (κ3) is 0.731. The SMILES string of the molecule is Nc1c2ccoc2cc2cc[nH]c12. The molecule has 3 aromatic rings. The molecule has 0 aliphatic rings. The second-order valence-electron chi connectivity index (χ2n) is 3.06. The van der Waals surface area contributed by atoms with Crippen molar-refractivity contribution in [3.63, 3.8) is 0 Å². The monoisotopic (exact) mass is 172 g/mol. The number of hydrogen-bond acceptors (Lipinski definition) is 2. The van der Waals surface area contributed by atoms with Crippen molar-refractivity contribution in [3.05, 3.63) is 30.7 Å². The second kappa shape index (κ2) is 2.07. The minimum absolute atomic E-state index is 0.756. The Labute approximate surface area is 74.1 Å². The highest BCUT2D eigenvalue weighted by molar-refractivity contribution is 6.06. The Balaban J connectivity index is 2.67. The van der Waals surface area contributed by atoms with Gasteiger partial charge in [-0.1, -0.05) is 0 Å². The van der Waals surface area contributed by atoms with Crippen LogP contribution in [0.5, 0.6) is 0 Å². The molecule has 0 spiro atoms. The Morgan fingerprint density at radius 1 is 1.31 bits per heavy atom. The van der Waals surface area contributed by atoms with Gasteiger partial charge >= 0.3 is 0 Å². The van der Waals surface area contributed by atoms with Gasteiger partial charge in [0.25, 0.3) is 0 Å². The van der Waals surface area contributed by atoms with E-state index in [0.29, 0.717) is 0 Å². The number of aromatic amines is 1. The Morgan fingerprint density at radius 3 is 3.15 bits per heavy atom. The summed E-state index contributed by atoms with van der Waals surface area (Å²) in [5.41, 5.74) is 8.53. The summed E-state index contributed by atoms with van der Waals surface area (Å²) in [6, 6.07) is 5.84. The Bertz CT molecular complexity index is 528. The van der Waals surface area contributed by atoms with Crippen LogP contribution in [-0.2, 0) is 0 Å². The highest BCUT2D eigenvalue weighted by Crippen LogP contribution is 2.29. The summed E-state index contributed by atoms with van der Waals surface area (Å²) in [5, 5.41) is 2.05. The maximum atomic E-state index is 5.95. The van der Waals surface area contributed by atoms with Gasteiger partial charge in [0.2, 0.25) is 0 Å². The maximum Gasteiger partial charge on any atom is 0.136 e. The average Bonchev–Trinajstić information content (AvgIpc) is 2.71. The van der Waals surface area contributed by atoms with Gasteiger partial charge in [-0.05, 0) is 18.2 Å². The summed E-state index contributed by atoms with van der Waals surface area (Å²) in [6.07, 6.45) is 3.53. The van der Waals surface area contributed by atoms with Crippen LogP contribution in [-0.4, -0.2) is 4.98 Å². The number of rotatable bonds is 0. The third-order valence-corrected chi connectivity index (χ3v) is 2.32. The van der Waals surface area contributed by atoms with Gasteiger partial charge in [0, 0.05) is 17.0 Å². The lowest BCUT2D eigenvalue weighted by Gasteiger charge is -1.97. The zero-order valence-electron chi connectivity index (χ0n) is 6.87. The van der Waals surface area contributed by atoms with Crippen LogP contribution in [0.15, 0.2) is 35.1 Å². The quantitative estimate of drug-likeness (QED) is 0.512. The molecule has 3 heteroatoms. The molecule has 0 radical (unpaired) electrons. The largest absolute Gasteiger partial charge is 0.464 e. The smallest absolute Gasteiger partial charge is 0.136 e. The van der Waals surface area contributed by atoms with Crippen molar-refractivity contribution in [2.45, 2.75) is 0 Å². The Morgan fingerprint density at radius 2 is 2.23 bits per heavy atom. The van der Waals surface area contributed by atoms with Crippen LogP contribution in [0.25, 0.3) is 21.9 Å². The van der Waals surface area contributed by atoms with Gasteiger partial charge in [-0.3, -0.25) is 0 Å². The molecular formula is C10H8N2O. The van der Waals surface area contributed by atoms with Crippen LogP contribution in [0, 0.1) is 0 Å². The fourth-order valence-electron chi connectivity index (χ4n) is 1.67. The summed E-state index contributed by atoms with van der Waals surface area (Å²) < 4.78 is 5.28. The predicted octanol–water partition coefficient (Wildman–Crippen LogP) is 2.50. The molecule has 0 atom stereocenters. The van der Waals surface area contributed by atoms with Crippen molar-refractivity contribution in [2.24, 2.45) is 0 Å². The molecule has 3 nitrogen and oxygen atoms in total. The van der Waals surface area contributed by atoms with Crippen molar-refractivity contribution in [3.8, 4) is 0 Å². The molecule has 0 saturated carbocycles. The first-order valence-corrected chi connectivity index (χ1v) is 4.09. The highest BCUT2D eigenvalue weighted by Gasteiger charge is 2.06. The molecule has 0 amide bonds. The average molecular weight is 172 g/mol. The van der Waals surface area contributed by atoms with Crippen LogP contribution in [0.1, 0.15) is 0 Å². The number of H-pyrrole nitrogens is 1. The first-order valence-electron chi connectivity index (χ1n) is 4.09. The summed E-state index contributed by atoms with van der Waals surface area (Å²) in [5.74, 6) is 0. The van der Waals surface area contributed by atoms with E-state index in [1.54, 1.807) is 6.26 Å². The van der Waals surface area contributed by atoms with E-state index in [0.717, 1.165) is 27.6 Å². The molecule has 64 valence electrons. The number of fused-ring (bicyclic) bond motifs is 2. The van der Waals surface area contributed by atoms with Crippen molar-refractivity contribution in [1.82, 2.24) is 4.98 Å². The zero-order valence-corrected chi connectivity index (χ0v) is 6.87. The first kappa shape index (κ1) is 6.60. The minimum Gasteiger partial charge on any atom is -0.464 e. The molecule has 2 aromatic heterocycles. The molecule has 3 N–H and O–H groups in total. The van der Waals surface area contributed by atoms with Gasteiger partial charge in [-0.15, -0.1) is 0 Å². The van der Waals surface area contributed by atoms with E-state index in [1.165, 1.54) is 0 Å². The lowest BCUT2D eigenvalue weighted by Crippen LogP contribution is -1.86. The molecule has 3 rings (SSSR count).